The van der Waals surface area contributed by atoms with E-state index in [1.807, 2.05) is 0 Å². The van der Waals surface area contributed by atoms with E-state index in [9.17, 15) is 0 Å². The maximum atomic E-state index is 9.00. The third-order valence-corrected chi connectivity index (χ3v) is 0. The molecule has 0 aliphatic heterocycles. The summed E-state index contributed by atoms with van der Waals surface area (Å²) < 4.78 is 17.3. The van der Waals surface area contributed by atoms with Crippen LogP contribution in [-0.2, 0) is 37.8 Å². The summed E-state index contributed by atoms with van der Waals surface area (Å²) >= 11 is 1.82. The SMILES string of the molecule is [O]=[AlH].[O]=[Cr][Mo]. The van der Waals surface area contributed by atoms with Crippen LogP contribution >= 0.6 is 0 Å². The van der Waals surface area contributed by atoms with Crippen LogP contribution in [0.15, 0.2) is 0 Å². The fourth-order valence-corrected chi connectivity index (χ4v) is 0. The Kier molecular flexibility index (Phi) is 35.2. The van der Waals surface area contributed by atoms with Gasteiger partial charge in [0.1, 0.15) is 0 Å². The van der Waals surface area contributed by atoms with Gasteiger partial charge in [0.05, 0.1) is 0 Å². The molecule has 0 saturated carbocycles. The van der Waals surface area contributed by atoms with Crippen LogP contribution in [0, 0.1) is 0 Å². The average molecular weight is 208 g/mol. The van der Waals surface area contributed by atoms with Crippen molar-refractivity contribution in [3.63, 3.8) is 0 Å². The van der Waals surface area contributed by atoms with Crippen LogP contribution in [0.3, 0.4) is 0 Å². The predicted octanol–water partition coefficient (Wildman–Crippen LogP) is -0.891. The van der Waals surface area contributed by atoms with E-state index < -0.39 is 0 Å². The minimum absolute atomic E-state index is 0.365. The van der Waals surface area contributed by atoms with Gasteiger partial charge >= 0.3 is 54.0 Å². The molecule has 0 aromatic rings. The van der Waals surface area contributed by atoms with Crippen LogP contribution in [-0.4, -0.2) is 16.2 Å². The van der Waals surface area contributed by atoms with Gasteiger partial charge in [-0.1, -0.05) is 0 Å². The van der Waals surface area contributed by atoms with Crippen LogP contribution in [0.2, 0.25) is 0 Å². The molecule has 0 spiro atoms. The monoisotopic (exact) mass is 210 g/mol. The van der Waals surface area contributed by atoms with Crippen molar-refractivity contribution in [1.29, 1.82) is 0 Å². The van der Waals surface area contributed by atoms with Gasteiger partial charge in [0.25, 0.3) is 0 Å². The van der Waals surface area contributed by atoms with Crippen molar-refractivity contribution in [2.45, 2.75) is 0 Å². The Bertz CT molecular complexity index is 23.6. The van der Waals surface area contributed by atoms with Gasteiger partial charge in [0.2, 0.25) is 0 Å². The molecule has 5 heavy (non-hydrogen) atoms. The first-order valence-corrected chi connectivity index (χ1v) is 5.62. The zero-order valence-corrected chi connectivity index (χ0v) is 7.04. The fourth-order valence-electron chi connectivity index (χ4n) is 0. The summed E-state index contributed by atoms with van der Waals surface area (Å²) in [4.78, 5) is 0. The molecule has 0 fully saturated rings. The molecule has 0 saturated heterocycles. The van der Waals surface area contributed by atoms with Crippen LogP contribution in [0.1, 0.15) is 0 Å². The maximum absolute atomic E-state index is 9.00. The second kappa shape index (κ2) is 18.3. The molecule has 0 aliphatic carbocycles. The number of rotatable bonds is 0. The van der Waals surface area contributed by atoms with Crippen molar-refractivity contribution in [3.05, 3.63) is 0 Å². The molecule has 28 valence electrons. The molecular weight excluding hydrogens is 207 g/mol. The molecule has 0 radical (unpaired) electrons. The fraction of sp³-hybridized carbons (Fsp3) is 0. The summed E-state index contributed by atoms with van der Waals surface area (Å²) in [6.45, 7) is 0. The summed E-state index contributed by atoms with van der Waals surface area (Å²) in [6, 6.07) is 0. The Labute approximate surface area is 53.7 Å². The first-order valence-electron chi connectivity index (χ1n) is 0.622. The molecular formula is HAlCrMoO2. The number of hydrogen-bond donors (Lipinski definition) is 0. The Morgan fingerprint density at radius 1 is 1.60 bits per heavy atom. The van der Waals surface area contributed by atoms with Crippen LogP contribution in [0.25, 0.3) is 0 Å². The van der Waals surface area contributed by atoms with E-state index in [1.54, 1.807) is 17.7 Å². The summed E-state index contributed by atoms with van der Waals surface area (Å²) in [7, 11) is 0. The molecule has 0 aromatic heterocycles. The second-order valence-electron chi connectivity index (χ2n) is 0.0680. The van der Waals surface area contributed by atoms with Gasteiger partial charge in [0.15, 0.2) is 0 Å². The van der Waals surface area contributed by atoms with E-state index in [0.29, 0.717) is 16.2 Å². The molecule has 0 atom stereocenters. The molecule has 5 heteroatoms. The third kappa shape index (κ3) is 32.9. The van der Waals surface area contributed by atoms with Gasteiger partial charge in [-0.25, -0.2) is 0 Å². The summed E-state index contributed by atoms with van der Waals surface area (Å²) in [5, 5.41) is 0. The van der Waals surface area contributed by atoms with Gasteiger partial charge in [-0.05, 0) is 0 Å². The van der Waals surface area contributed by atoms with Gasteiger partial charge in [-0.3, -0.25) is 0 Å². The Hall–Kier alpha value is 1.35. The van der Waals surface area contributed by atoms with Gasteiger partial charge in [-0.2, -0.15) is 0 Å². The van der Waals surface area contributed by atoms with Crippen molar-refractivity contribution in [2.75, 3.05) is 0 Å². The Morgan fingerprint density at radius 2 is 1.60 bits per heavy atom. The van der Waals surface area contributed by atoms with Gasteiger partial charge < -0.3 is 0 Å². The topological polar surface area (TPSA) is 34.1 Å². The van der Waals surface area contributed by atoms with Crippen molar-refractivity contribution in [3.8, 4) is 0 Å². The molecule has 0 unspecified atom stereocenters. The van der Waals surface area contributed by atoms with Crippen molar-refractivity contribution >= 4 is 16.2 Å². The van der Waals surface area contributed by atoms with E-state index in [-0.39, 0.29) is 12.5 Å². The van der Waals surface area contributed by atoms with Crippen molar-refractivity contribution in [2.24, 2.45) is 0 Å². The first kappa shape index (κ1) is 9.61. The standard InChI is InChI=1S/Al.Cr.Mo.2O.H. The molecule has 0 aliphatic rings. The van der Waals surface area contributed by atoms with Gasteiger partial charge in [0, 0.05) is 0 Å². The van der Waals surface area contributed by atoms with Crippen LogP contribution < -0.4 is 0 Å². The third-order valence-electron chi connectivity index (χ3n) is 0. The quantitative estimate of drug-likeness (QED) is 0.484. The zero-order chi connectivity index (χ0) is 4.71. The van der Waals surface area contributed by atoms with Crippen LogP contribution in [0.5, 0.6) is 0 Å². The summed E-state index contributed by atoms with van der Waals surface area (Å²) in [6.07, 6.45) is 0. The zero-order valence-electron chi connectivity index (χ0n) is 2.34. The van der Waals surface area contributed by atoms with Gasteiger partial charge in [-0.15, -0.1) is 0 Å². The molecule has 0 rings (SSSR count). The molecule has 0 heterocycles. The first-order chi connectivity index (χ1) is 2.41. The normalized spacial score (nSPS) is 3.00. The summed E-state index contributed by atoms with van der Waals surface area (Å²) in [5.41, 5.74) is 0. The number of hydrogen-bond acceptors (Lipinski definition) is 2. The molecule has 2 nitrogen and oxygen atoms in total. The molecule has 0 aromatic carbocycles. The van der Waals surface area contributed by atoms with Crippen molar-refractivity contribution in [1.82, 2.24) is 0 Å². The van der Waals surface area contributed by atoms with E-state index in [0.717, 1.165) is 0 Å². The van der Waals surface area contributed by atoms with Crippen LogP contribution in [0.4, 0.5) is 0 Å². The average Bonchev–Trinajstić information content (AvgIpc) is 1.46. The van der Waals surface area contributed by atoms with E-state index in [2.05, 4.69) is 0 Å². The summed E-state index contributed by atoms with van der Waals surface area (Å²) in [5.74, 6) is 0. The Balaban J connectivity index is 0. The van der Waals surface area contributed by atoms with E-state index in [1.165, 1.54) is 0 Å². The molecule has 0 N–H and O–H groups in total. The predicted molar refractivity (Wildman–Crippen MR) is 8.52 cm³/mol. The van der Waals surface area contributed by atoms with Crippen molar-refractivity contribution < 1.29 is 37.8 Å². The molecule has 0 amide bonds. The Morgan fingerprint density at radius 3 is 1.60 bits per heavy atom. The molecule has 0 bridgehead atoms. The van der Waals surface area contributed by atoms with E-state index in [4.69, 9.17) is 7.61 Å². The second-order valence-corrected chi connectivity index (χ2v) is 1.66. The minimum atomic E-state index is -0.365. The van der Waals surface area contributed by atoms with E-state index >= 15 is 0 Å².